The SMILES string of the molecule is NC(=S)c1ccccc1NC(=O)CC1CCSCC1. The van der Waals surface area contributed by atoms with Crippen LogP contribution in [0, 0.1) is 5.92 Å². The van der Waals surface area contributed by atoms with Gasteiger partial charge in [-0.05, 0) is 42.4 Å². The van der Waals surface area contributed by atoms with Crippen molar-refractivity contribution in [3.63, 3.8) is 0 Å². The van der Waals surface area contributed by atoms with E-state index in [-0.39, 0.29) is 5.91 Å². The van der Waals surface area contributed by atoms with Gasteiger partial charge in [-0.1, -0.05) is 24.4 Å². The Kier molecular flexibility index (Phi) is 5.22. The molecule has 3 nitrogen and oxygen atoms in total. The lowest BCUT2D eigenvalue weighted by molar-refractivity contribution is -0.117. The van der Waals surface area contributed by atoms with Crippen LogP contribution in [-0.2, 0) is 4.79 Å². The molecule has 0 saturated carbocycles. The summed E-state index contributed by atoms with van der Waals surface area (Å²) in [4.78, 5) is 12.4. The first-order valence-corrected chi connectivity index (χ1v) is 7.99. The maximum absolute atomic E-state index is 12.1. The molecule has 1 amide bonds. The molecule has 0 radical (unpaired) electrons. The molecule has 3 N–H and O–H groups in total. The fourth-order valence-electron chi connectivity index (χ4n) is 2.22. The van der Waals surface area contributed by atoms with Crippen LogP contribution in [0.1, 0.15) is 24.8 Å². The number of rotatable bonds is 4. The number of hydrogen-bond acceptors (Lipinski definition) is 3. The Morgan fingerprint density at radius 3 is 2.74 bits per heavy atom. The minimum absolute atomic E-state index is 0.0561. The summed E-state index contributed by atoms with van der Waals surface area (Å²) in [5, 5.41) is 2.93. The maximum atomic E-state index is 12.1. The van der Waals surface area contributed by atoms with E-state index in [2.05, 4.69) is 5.32 Å². The van der Waals surface area contributed by atoms with Crippen molar-refractivity contribution in [2.45, 2.75) is 19.3 Å². The third-order valence-electron chi connectivity index (χ3n) is 3.28. The first-order valence-electron chi connectivity index (χ1n) is 6.43. The fraction of sp³-hybridized carbons (Fsp3) is 0.429. The summed E-state index contributed by atoms with van der Waals surface area (Å²) >= 11 is 6.96. The van der Waals surface area contributed by atoms with E-state index in [0.717, 1.165) is 18.4 Å². The fourth-order valence-corrected chi connectivity index (χ4v) is 3.60. The van der Waals surface area contributed by atoms with E-state index in [4.69, 9.17) is 18.0 Å². The minimum atomic E-state index is 0.0561. The number of benzene rings is 1. The number of anilines is 1. The van der Waals surface area contributed by atoms with Crippen LogP contribution in [0.2, 0.25) is 0 Å². The third-order valence-corrected chi connectivity index (χ3v) is 4.55. The molecule has 1 aromatic carbocycles. The first-order chi connectivity index (χ1) is 9.16. The largest absolute Gasteiger partial charge is 0.389 e. The lowest BCUT2D eigenvalue weighted by Crippen LogP contribution is -2.21. The van der Waals surface area contributed by atoms with Crippen molar-refractivity contribution in [2.24, 2.45) is 11.7 Å². The Hall–Kier alpha value is -1.07. The van der Waals surface area contributed by atoms with E-state index in [1.165, 1.54) is 11.5 Å². The first kappa shape index (κ1) is 14.3. The van der Waals surface area contributed by atoms with Crippen LogP contribution in [0.25, 0.3) is 0 Å². The van der Waals surface area contributed by atoms with Gasteiger partial charge in [-0.25, -0.2) is 0 Å². The second-order valence-corrected chi connectivity index (χ2v) is 6.38. The van der Waals surface area contributed by atoms with Crippen LogP contribution in [0.15, 0.2) is 24.3 Å². The van der Waals surface area contributed by atoms with E-state index in [1.54, 1.807) is 0 Å². The van der Waals surface area contributed by atoms with Gasteiger partial charge in [0.1, 0.15) is 4.99 Å². The van der Waals surface area contributed by atoms with Gasteiger partial charge in [-0.2, -0.15) is 11.8 Å². The number of thioether (sulfide) groups is 1. The summed E-state index contributed by atoms with van der Waals surface area (Å²) in [6, 6.07) is 7.40. The molecule has 1 fully saturated rings. The van der Waals surface area contributed by atoms with Gasteiger partial charge in [0.15, 0.2) is 0 Å². The molecule has 0 atom stereocenters. The highest BCUT2D eigenvalue weighted by molar-refractivity contribution is 7.99. The Morgan fingerprint density at radius 1 is 1.37 bits per heavy atom. The Morgan fingerprint density at radius 2 is 2.05 bits per heavy atom. The molecule has 0 spiro atoms. The zero-order valence-electron chi connectivity index (χ0n) is 10.7. The van der Waals surface area contributed by atoms with Crippen molar-refractivity contribution >= 4 is 40.6 Å². The van der Waals surface area contributed by atoms with E-state index in [0.29, 0.717) is 23.0 Å². The normalized spacial score (nSPS) is 16.0. The molecule has 2 rings (SSSR count). The van der Waals surface area contributed by atoms with Crippen molar-refractivity contribution in [3.8, 4) is 0 Å². The molecule has 1 aromatic rings. The number of thiocarbonyl (C=S) groups is 1. The summed E-state index contributed by atoms with van der Waals surface area (Å²) < 4.78 is 0. The van der Waals surface area contributed by atoms with Crippen molar-refractivity contribution < 1.29 is 4.79 Å². The number of para-hydroxylation sites is 1. The number of nitrogens with two attached hydrogens (primary N) is 1. The van der Waals surface area contributed by atoms with Gasteiger partial charge in [-0.3, -0.25) is 4.79 Å². The molecule has 0 aliphatic carbocycles. The van der Waals surface area contributed by atoms with Gasteiger partial charge < -0.3 is 11.1 Å². The molecule has 1 saturated heterocycles. The molecule has 5 heteroatoms. The average Bonchev–Trinajstić information content (AvgIpc) is 2.40. The molecular formula is C14H18N2OS2. The van der Waals surface area contributed by atoms with E-state index < -0.39 is 0 Å². The predicted molar refractivity (Wildman–Crippen MR) is 85.6 cm³/mol. The van der Waals surface area contributed by atoms with Crippen molar-refractivity contribution in [2.75, 3.05) is 16.8 Å². The zero-order chi connectivity index (χ0) is 13.7. The number of carbonyl (C=O) groups is 1. The van der Waals surface area contributed by atoms with Crippen LogP contribution in [0.4, 0.5) is 5.69 Å². The number of carbonyl (C=O) groups excluding carboxylic acids is 1. The van der Waals surface area contributed by atoms with Crippen LogP contribution in [0.5, 0.6) is 0 Å². The Bertz CT molecular complexity index is 470. The van der Waals surface area contributed by atoms with Gasteiger partial charge in [0, 0.05) is 12.0 Å². The average molecular weight is 294 g/mol. The summed E-state index contributed by atoms with van der Waals surface area (Å²) in [7, 11) is 0. The van der Waals surface area contributed by atoms with Crippen LogP contribution < -0.4 is 11.1 Å². The zero-order valence-corrected chi connectivity index (χ0v) is 12.4. The molecule has 0 aromatic heterocycles. The topological polar surface area (TPSA) is 55.1 Å². The second-order valence-electron chi connectivity index (χ2n) is 4.72. The maximum Gasteiger partial charge on any atom is 0.224 e. The lowest BCUT2D eigenvalue weighted by Gasteiger charge is -2.21. The second kappa shape index (κ2) is 6.91. The predicted octanol–water partition coefficient (Wildman–Crippen LogP) is 2.79. The Balaban J connectivity index is 1.96. The molecule has 0 unspecified atom stereocenters. The van der Waals surface area contributed by atoms with E-state index in [9.17, 15) is 4.79 Å². The highest BCUT2D eigenvalue weighted by Crippen LogP contribution is 2.26. The van der Waals surface area contributed by atoms with Crippen LogP contribution in [-0.4, -0.2) is 22.4 Å². The van der Waals surface area contributed by atoms with Crippen molar-refractivity contribution in [1.29, 1.82) is 0 Å². The van der Waals surface area contributed by atoms with Crippen molar-refractivity contribution in [1.82, 2.24) is 0 Å². The number of hydrogen-bond donors (Lipinski definition) is 2. The quantitative estimate of drug-likeness (QED) is 0.839. The van der Waals surface area contributed by atoms with Gasteiger partial charge in [0.2, 0.25) is 5.91 Å². The van der Waals surface area contributed by atoms with Crippen LogP contribution >= 0.6 is 24.0 Å². The summed E-state index contributed by atoms with van der Waals surface area (Å²) in [6.07, 6.45) is 2.86. The molecule has 102 valence electrons. The monoisotopic (exact) mass is 294 g/mol. The van der Waals surface area contributed by atoms with Gasteiger partial charge in [0.25, 0.3) is 0 Å². The number of nitrogens with one attached hydrogen (secondary N) is 1. The Labute approximate surface area is 123 Å². The van der Waals surface area contributed by atoms with Gasteiger partial charge >= 0.3 is 0 Å². The molecule has 19 heavy (non-hydrogen) atoms. The van der Waals surface area contributed by atoms with Crippen molar-refractivity contribution in [3.05, 3.63) is 29.8 Å². The van der Waals surface area contributed by atoms with E-state index in [1.807, 2.05) is 36.0 Å². The molecule has 1 aliphatic heterocycles. The van der Waals surface area contributed by atoms with Crippen LogP contribution in [0.3, 0.4) is 0 Å². The third kappa shape index (κ3) is 4.21. The van der Waals surface area contributed by atoms with Gasteiger partial charge in [0.05, 0.1) is 5.69 Å². The smallest absolute Gasteiger partial charge is 0.224 e. The van der Waals surface area contributed by atoms with E-state index >= 15 is 0 Å². The lowest BCUT2D eigenvalue weighted by atomic mass is 9.98. The minimum Gasteiger partial charge on any atom is -0.389 e. The highest BCUT2D eigenvalue weighted by atomic mass is 32.2. The summed E-state index contributed by atoms with van der Waals surface area (Å²) in [5.74, 6) is 2.90. The molecular weight excluding hydrogens is 276 g/mol. The molecule has 0 bridgehead atoms. The standard InChI is InChI=1S/C14H18N2OS2/c15-14(18)11-3-1-2-4-12(11)16-13(17)9-10-5-7-19-8-6-10/h1-4,10H,5-9H2,(H2,15,18)(H,16,17). The summed E-state index contributed by atoms with van der Waals surface area (Å²) in [6.45, 7) is 0. The summed E-state index contributed by atoms with van der Waals surface area (Å²) in [5.41, 5.74) is 7.09. The number of amides is 1. The van der Waals surface area contributed by atoms with Gasteiger partial charge in [-0.15, -0.1) is 0 Å². The molecule has 1 heterocycles. The highest BCUT2D eigenvalue weighted by Gasteiger charge is 2.18. The molecule has 1 aliphatic rings.